The molecule has 0 radical (unpaired) electrons. The van der Waals surface area contributed by atoms with Crippen LogP contribution in [0.1, 0.15) is 39.8 Å². The second-order valence-electron chi connectivity index (χ2n) is 5.90. The topological polar surface area (TPSA) is 104 Å². The molecule has 1 unspecified atom stereocenters. The average Bonchev–Trinajstić information content (AvgIpc) is 3.13. The molecule has 0 fully saturated rings. The maximum atomic E-state index is 12.2. The van der Waals surface area contributed by atoms with Gasteiger partial charge in [-0.15, -0.1) is 0 Å². The van der Waals surface area contributed by atoms with Crippen LogP contribution in [0.25, 0.3) is 5.65 Å². The summed E-state index contributed by atoms with van der Waals surface area (Å²) in [5, 5.41) is 12.7. The third kappa shape index (κ3) is 2.37. The largest absolute Gasteiger partial charge is 0.354 e. The van der Waals surface area contributed by atoms with Crippen LogP contribution in [-0.2, 0) is 4.79 Å². The zero-order valence-electron chi connectivity index (χ0n) is 13.6. The molecular formula is C16H15ClN6O2. The number of aromatic nitrogens is 4. The molecule has 1 aliphatic rings. The van der Waals surface area contributed by atoms with E-state index in [-0.39, 0.29) is 24.2 Å². The van der Waals surface area contributed by atoms with E-state index in [0.717, 1.165) is 17.0 Å². The zero-order valence-corrected chi connectivity index (χ0v) is 14.3. The number of nitrogens with zero attached hydrogens (tertiary/aromatic N) is 3. The third-order valence-corrected chi connectivity index (χ3v) is 4.61. The van der Waals surface area contributed by atoms with Crippen molar-refractivity contribution in [3.05, 3.63) is 46.0 Å². The Labute approximate surface area is 147 Å². The first-order chi connectivity index (χ1) is 12.0. The van der Waals surface area contributed by atoms with Crippen LogP contribution < -0.4 is 10.6 Å². The highest BCUT2D eigenvalue weighted by atomic mass is 35.5. The molecule has 3 N–H and O–H groups in total. The summed E-state index contributed by atoms with van der Waals surface area (Å²) in [6.07, 6.45) is 1.95. The number of nitrogens with one attached hydrogen (secondary N) is 3. The average molecular weight is 359 g/mol. The fourth-order valence-electron chi connectivity index (χ4n) is 3.36. The van der Waals surface area contributed by atoms with E-state index in [1.807, 2.05) is 17.4 Å². The predicted octanol–water partition coefficient (Wildman–Crippen LogP) is 1.85. The van der Waals surface area contributed by atoms with Crippen LogP contribution in [0.15, 0.2) is 18.3 Å². The predicted molar refractivity (Wildman–Crippen MR) is 92.0 cm³/mol. The summed E-state index contributed by atoms with van der Waals surface area (Å²) in [4.78, 5) is 28.9. The lowest BCUT2D eigenvalue weighted by atomic mass is 9.88. The Hall–Kier alpha value is -2.87. The van der Waals surface area contributed by atoms with Gasteiger partial charge in [-0.3, -0.25) is 14.7 Å². The minimum absolute atomic E-state index is 0.163. The number of hydrogen-bond donors (Lipinski definition) is 3. The molecular weight excluding hydrogens is 344 g/mol. The molecule has 128 valence electrons. The molecule has 0 saturated carbocycles. The fraction of sp³-hybridized carbons (Fsp3) is 0.250. The Morgan fingerprint density at radius 1 is 1.44 bits per heavy atom. The van der Waals surface area contributed by atoms with Crippen LogP contribution in [0, 0.1) is 6.92 Å². The van der Waals surface area contributed by atoms with Crippen LogP contribution in [0.2, 0.25) is 5.02 Å². The molecule has 0 spiro atoms. The van der Waals surface area contributed by atoms with Crippen molar-refractivity contribution in [2.24, 2.45) is 0 Å². The number of anilines is 1. The molecule has 4 rings (SSSR count). The number of aryl methyl sites for hydroxylation is 1. The van der Waals surface area contributed by atoms with Crippen molar-refractivity contribution in [1.29, 1.82) is 0 Å². The molecule has 0 aromatic carbocycles. The van der Waals surface area contributed by atoms with Crippen molar-refractivity contribution in [3.63, 3.8) is 0 Å². The molecule has 0 aliphatic carbocycles. The molecule has 3 aromatic rings. The van der Waals surface area contributed by atoms with Gasteiger partial charge in [-0.25, -0.2) is 4.98 Å². The maximum absolute atomic E-state index is 12.2. The summed E-state index contributed by atoms with van der Waals surface area (Å²) in [7, 11) is 1.55. The van der Waals surface area contributed by atoms with Gasteiger partial charge in [-0.2, -0.15) is 5.10 Å². The first kappa shape index (κ1) is 15.6. The maximum Gasteiger partial charge on any atom is 0.269 e. The summed E-state index contributed by atoms with van der Waals surface area (Å²) >= 11 is 6.14. The van der Waals surface area contributed by atoms with E-state index in [4.69, 9.17) is 11.6 Å². The molecule has 0 saturated heterocycles. The van der Waals surface area contributed by atoms with Gasteiger partial charge in [0.15, 0.2) is 5.82 Å². The van der Waals surface area contributed by atoms with Gasteiger partial charge in [-0.05, 0) is 19.1 Å². The third-order valence-electron chi connectivity index (χ3n) is 4.39. The summed E-state index contributed by atoms with van der Waals surface area (Å²) < 4.78 is 1.87. The van der Waals surface area contributed by atoms with Crippen molar-refractivity contribution < 1.29 is 9.59 Å². The number of hydrogen-bond acceptors (Lipinski definition) is 4. The van der Waals surface area contributed by atoms with Crippen LogP contribution >= 0.6 is 11.6 Å². The number of imidazole rings is 1. The lowest BCUT2D eigenvalue weighted by molar-refractivity contribution is -0.116. The van der Waals surface area contributed by atoms with E-state index in [9.17, 15) is 9.59 Å². The molecule has 0 bridgehead atoms. The van der Waals surface area contributed by atoms with Crippen LogP contribution in [0.3, 0.4) is 0 Å². The van der Waals surface area contributed by atoms with Gasteiger partial charge in [0.1, 0.15) is 11.3 Å². The first-order valence-corrected chi connectivity index (χ1v) is 8.11. The molecule has 3 aromatic heterocycles. The number of rotatable bonds is 2. The standard InChI is InChI=1S/C16H15ClN6O2/c1-7-14(23-6-8(17)3-4-10(23)19-7)9-5-11(24)20-15-12(9)13(21-22-15)16(25)18-2/h3-4,6,9H,5H2,1-2H3,(H,18,25)(H2,20,21,22,24). The second kappa shape index (κ2) is 5.59. The van der Waals surface area contributed by atoms with Crippen molar-refractivity contribution in [2.45, 2.75) is 19.3 Å². The summed E-state index contributed by atoms with van der Waals surface area (Å²) in [5.41, 5.74) is 3.31. The number of aromatic amines is 1. The molecule has 9 heteroatoms. The Balaban J connectivity index is 1.97. The Kier molecular flexibility index (Phi) is 3.50. The van der Waals surface area contributed by atoms with Gasteiger partial charge >= 0.3 is 0 Å². The smallest absolute Gasteiger partial charge is 0.269 e. The van der Waals surface area contributed by atoms with Gasteiger partial charge in [-0.1, -0.05) is 11.6 Å². The number of pyridine rings is 1. The van der Waals surface area contributed by atoms with E-state index in [2.05, 4.69) is 25.8 Å². The van der Waals surface area contributed by atoms with Crippen molar-refractivity contribution in [3.8, 4) is 0 Å². The van der Waals surface area contributed by atoms with Crippen molar-refractivity contribution >= 4 is 34.9 Å². The van der Waals surface area contributed by atoms with Crippen LogP contribution in [0.4, 0.5) is 5.82 Å². The number of amides is 2. The van der Waals surface area contributed by atoms with E-state index < -0.39 is 0 Å². The zero-order chi connectivity index (χ0) is 17.7. The molecule has 1 atom stereocenters. The normalized spacial score (nSPS) is 16.6. The second-order valence-corrected chi connectivity index (χ2v) is 6.34. The highest BCUT2D eigenvalue weighted by Crippen LogP contribution is 2.39. The van der Waals surface area contributed by atoms with Gasteiger partial charge in [0.25, 0.3) is 5.91 Å². The number of carbonyl (C=O) groups excluding carboxylic acids is 2. The fourth-order valence-corrected chi connectivity index (χ4v) is 3.52. The quantitative estimate of drug-likeness (QED) is 0.650. The van der Waals surface area contributed by atoms with E-state index in [1.54, 1.807) is 19.3 Å². The first-order valence-electron chi connectivity index (χ1n) is 7.74. The highest BCUT2D eigenvalue weighted by molar-refractivity contribution is 6.30. The van der Waals surface area contributed by atoms with Gasteiger partial charge in [0.05, 0.1) is 16.4 Å². The van der Waals surface area contributed by atoms with Gasteiger partial charge in [0, 0.05) is 31.1 Å². The lowest BCUT2D eigenvalue weighted by Crippen LogP contribution is -2.27. The van der Waals surface area contributed by atoms with Gasteiger partial charge < -0.3 is 15.0 Å². The number of carbonyl (C=O) groups is 2. The van der Waals surface area contributed by atoms with E-state index >= 15 is 0 Å². The minimum Gasteiger partial charge on any atom is -0.354 e. The molecule has 1 aliphatic heterocycles. The van der Waals surface area contributed by atoms with E-state index in [0.29, 0.717) is 22.1 Å². The molecule has 8 nitrogen and oxygen atoms in total. The van der Waals surface area contributed by atoms with Crippen LogP contribution in [-0.4, -0.2) is 38.4 Å². The molecule has 25 heavy (non-hydrogen) atoms. The monoisotopic (exact) mass is 358 g/mol. The summed E-state index contributed by atoms with van der Waals surface area (Å²) in [6.45, 7) is 1.88. The lowest BCUT2D eigenvalue weighted by Gasteiger charge is -2.23. The number of H-pyrrole nitrogens is 1. The summed E-state index contributed by atoms with van der Waals surface area (Å²) in [5.74, 6) is -0.442. The number of fused-ring (bicyclic) bond motifs is 2. The van der Waals surface area contributed by atoms with Crippen molar-refractivity contribution in [2.75, 3.05) is 12.4 Å². The van der Waals surface area contributed by atoms with Gasteiger partial charge in [0.2, 0.25) is 5.91 Å². The van der Waals surface area contributed by atoms with Crippen LogP contribution in [0.5, 0.6) is 0 Å². The molecule has 4 heterocycles. The number of halogens is 1. The Bertz CT molecular complexity index is 1020. The molecule has 2 amide bonds. The summed E-state index contributed by atoms with van der Waals surface area (Å²) in [6, 6.07) is 3.58. The van der Waals surface area contributed by atoms with Crippen molar-refractivity contribution in [1.82, 2.24) is 24.9 Å². The highest BCUT2D eigenvalue weighted by Gasteiger charge is 2.36. The minimum atomic E-state index is -0.358. The van der Waals surface area contributed by atoms with E-state index in [1.165, 1.54) is 0 Å². The Morgan fingerprint density at radius 2 is 2.24 bits per heavy atom. The Morgan fingerprint density at radius 3 is 3.00 bits per heavy atom. The SMILES string of the molecule is CNC(=O)c1[nH]nc2c1C(c1c(C)nc3ccc(Cl)cn13)CC(=O)N2.